The van der Waals surface area contributed by atoms with Crippen molar-refractivity contribution in [2.75, 3.05) is 7.11 Å². The normalized spacial score (nSPS) is 10.2. The van der Waals surface area contributed by atoms with Crippen LogP contribution in [0.4, 0.5) is 0 Å². The van der Waals surface area contributed by atoms with Crippen molar-refractivity contribution in [3.8, 4) is 0 Å². The van der Waals surface area contributed by atoms with Gasteiger partial charge in [-0.3, -0.25) is 4.79 Å². The van der Waals surface area contributed by atoms with Gasteiger partial charge < -0.3 is 9.14 Å². The maximum Gasteiger partial charge on any atom is 0.341 e. The molecule has 0 radical (unpaired) electrons. The van der Waals surface area contributed by atoms with E-state index in [1.165, 1.54) is 13.2 Å². The molecule has 0 saturated heterocycles. The van der Waals surface area contributed by atoms with Gasteiger partial charge in [0, 0.05) is 24.2 Å². The van der Waals surface area contributed by atoms with Gasteiger partial charge >= 0.3 is 5.97 Å². The Morgan fingerprint density at radius 2 is 2.40 bits per heavy atom. The first-order valence-corrected chi connectivity index (χ1v) is 4.26. The Kier molecular flexibility index (Phi) is 2.21. The van der Waals surface area contributed by atoms with Crippen molar-refractivity contribution in [2.45, 2.75) is 0 Å². The molecule has 0 fully saturated rings. The fraction of sp³-hybridized carbons (Fsp3) is 0.100. The number of aromatic nitrogens is 2. The lowest BCUT2D eigenvalue weighted by atomic mass is 10.2. The molecule has 2 heterocycles. The van der Waals surface area contributed by atoms with Crippen molar-refractivity contribution in [3.05, 3.63) is 35.8 Å². The van der Waals surface area contributed by atoms with E-state index in [1.807, 2.05) is 0 Å². The average molecular weight is 204 g/mol. The Labute approximate surface area is 85.3 Å². The molecule has 0 saturated carbocycles. The number of carbonyl (C=O) groups excluding carboxylic acids is 2. The fourth-order valence-corrected chi connectivity index (χ4v) is 1.38. The van der Waals surface area contributed by atoms with Crippen LogP contribution in [0.2, 0.25) is 0 Å². The van der Waals surface area contributed by atoms with Crippen LogP contribution in [0.1, 0.15) is 20.7 Å². The molecule has 5 nitrogen and oxygen atoms in total. The van der Waals surface area contributed by atoms with Crippen molar-refractivity contribution >= 4 is 17.9 Å². The van der Waals surface area contributed by atoms with Crippen LogP contribution in [-0.2, 0) is 4.74 Å². The number of fused-ring (bicyclic) bond motifs is 1. The van der Waals surface area contributed by atoms with Crippen molar-refractivity contribution in [1.29, 1.82) is 0 Å². The lowest BCUT2D eigenvalue weighted by Gasteiger charge is -2.02. The van der Waals surface area contributed by atoms with Crippen LogP contribution in [-0.4, -0.2) is 28.7 Å². The molecule has 0 atom stereocenters. The number of nitrogens with zero attached hydrogens (tertiary/aromatic N) is 2. The maximum atomic E-state index is 11.4. The molecule has 0 spiro atoms. The first-order chi connectivity index (χ1) is 7.26. The topological polar surface area (TPSA) is 60.7 Å². The molecule has 5 heteroatoms. The molecular formula is C10H8N2O3. The van der Waals surface area contributed by atoms with Gasteiger partial charge in [0.1, 0.15) is 5.56 Å². The van der Waals surface area contributed by atoms with Crippen LogP contribution in [0.15, 0.2) is 24.7 Å². The van der Waals surface area contributed by atoms with Crippen LogP contribution in [0.3, 0.4) is 0 Å². The lowest BCUT2D eigenvalue weighted by molar-refractivity contribution is 0.0602. The largest absolute Gasteiger partial charge is 0.465 e. The molecule has 0 aliphatic rings. The van der Waals surface area contributed by atoms with E-state index in [1.54, 1.807) is 23.0 Å². The Morgan fingerprint density at radius 1 is 1.60 bits per heavy atom. The molecule has 2 aromatic rings. The molecule has 0 aromatic carbocycles. The van der Waals surface area contributed by atoms with E-state index in [9.17, 15) is 9.59 Å². The van der Waals surface area contributed by atoms with Gasteiger partial charge in [0.2, 0.25) is 0 Å². The Morgan fingerprint density at radius 3 is 3.07 bits per heavy atom. The monoisotopic (exact) mass is 204 g/mol. The highest BCUT2D eigenvalue weighted by Gasteiger charge is 2.13. The highest BCUT2D eigenvalue weighted by atomic mass is 16.5. The third-order valence-electron chi connectivity index (χ3n) is 2.05. The van der Waals surface area contributed by atoms with Crippen molar-refractivity contribution in [1.82, 2.24) is 9.38 Å². The molecule has 2 rings (SSSR count). The predicted molar refractivity (Wildman–Crippen MR) is 51.9 cm³/mol. The standard InChI is InChI=1S/C10H8N2O3/c1-15-10(14)8-4-7(6-13)5-12-3-2-11-9(8)12/h2-6H,1H3. The summed E-state index contributed by atoms with van der Waals surface area (Å²) in [5.74, 6) is -0.505. The van der Waals surface area contributed by atoms with E-state index in [0.717, 1.165) is 0 Å². The third kappa shape index (κ3) is 1.48. The number of aldehydes is 1. The van der Waals surface area contributed by atoms with Crippen LogP contribution in [0.5, 0.6) is 0 Å². The summed E-state index contributed by atoms with van der Waals surface area (Å²) in [6.45, 7) is 0. The number of methoxy groups -OCH3 is 1. The van der Waals surface area contributed by atoms with Gasteiger partial charge in [0.25, 0.3) is 0 Å². The number of carbonyl (C=O) groups is 2. The van der Waals surface area contributed by atoms with Crippen molar-refractivity contribution in [2.24, 2.45) is 0 Å². The summed E-state index contributed by atoms with van der Waals surface area (Å²) in [4.78, 5) is 26.1. The number of esters is 1. The summed E-state index contributed by atoms with van der Waals surface area (Å²) in [5, 5.41) is 0. The zero-order chi connectivity index (χ0) is 10.8. The minimum Gasteiger partial charge on any atom is -0.465 e. The van der Waals surface area contributed by atoms with E-state index in [2.05, 4.69) is 9.72 Å². The number of hydrogen-bond acceptors (Lipinski definition) is 4. The Bertz CT molecular complexity index is 530. The summed E-state index contributed by atoms with van der Waals surface area (Å²) in [7, 11) is 1.29. The second kappa shape index (κ2) is 3.53. The minimum atomic E-state index is -0.505. The highest BCUT2D eigenvalue weighted by molar-refractivity contribution is 5.97. The van der Waals surface area contributed by atoms with E-state index in [-0.39, 0.29) is 5.56 Å². The van der Waals surface area contributed by atoms with Gasteiger partial charge in [-0.2, -0.15) is 0 Å². The van der Waals surface area contributed by atoms with Crippen LogP contribution >= 0.6 is 0 Å². The number of ether oxygens (including phenoxy) is 1. The van der Waals surface area contributed by atoms with Gasteiger partial charge in [-0.1, -0.05) is 0 Å². The number of hydrogen-bond donors (Lipinski definition) is 0. The molecular weight excluding hydrogens is 196 g/mol. The summed E-state index contributed by atoms with van der Waals surface area (Å²) in [6.07, 6.45) is 5.48. The van der Waals surface area contributed by atoms with Crippen LogP contribution in [0, 0.1) is 0 Å². The van der Waals surface area contributed by atoms with E-state index >= 15 is 0 Å². The molecule has 0 N–H and O–H groups in total. The van der Waals surface area contributed by atoms with Crippen molar-refractivity contribution < 1.29 is 14.3 Å². The fourth-order valence-electron chi connectivity index (χ4n) is 1.38. The van der Waals surface area contributed by atoms with Gasteiger partial charge in [0.05, 0.1) is 7.11 Å². The molecule has 0 amide bonds. The Hall–Kier alpha value is -2.17. The van der Waals surface area contributed by atoms with Gasteiger partial charge in [-0.25, -0.2) is 9.78 Å². The predicted octanol–water partition coefficient (Wildman–Crippen LogP) is 0.933. The van der Waals surface area contributed by atoms with E-state index < -0.39 is 5.97 Å². The first kappa shape index (κ1) is 9.39. The molecule has 76 valence electrons. The second-order valence-electron chi connectivity index (χ2n) is 2.95. The first-order valence-electron chi connectivity index (χ1n) is 4.26. The van der Waals surface area contributed by atoms with Gasteiger partial charge in [-0.05, 0) is 6.07 Å². The number of imidazole rings is 1. The summed E-state index contributed by atoms with van der Waals surface area (Å²) in [6, 6.07) is 1.46. The van der Waals surface area contributed by atoms with Gasteiger partial charge in [-0.15, -0.1) is 0 Å². The summed E-state index contributed by atoms with van der Waals surface area (Å²) < 4.78 is 6.21. The number of rotatable bonds is 2. The smallest absolute Gasteiger partial charge is 0.341 e. The van der Waals surface area contributed by atoms with E-state index in [0.29, 0.717) is 17.5 Å². The molecule has 2 aromatic heterocycles. The third-order valence-corrected chi connectivity index (χ3v) is 2.05. The zero-order valence-electron chi connectivity index (χ0n) is 8.01. The average Bonchev–Trinajstić information content (AvgIpc) is 2.74. The van der Waals surface area contributed by atoms with Crippen LogP contribution < -0.4 is 0 Å². The molecule has 15 heavy (non-hydrogen) atoms. The van der Waals surface area contributed by atoms with Gasteiger partial charge in [0.15, 0.2) is 11.9 Å². The molecule has 0 bridgehead atoms. The minimum absolute atomic E-state index is 0.284. The summed E-state index contributed by atoms with van der Waals surface area (Å²) >= 11 is 0. The SMILES string of the molecule is COC(=O)c1cc(C=O)cn2ccnc12. The zero-order valence-corrected chi connectivity index (χ0v) is 8.01. The van der Waals surface area contributed by atoms with E-state index in [4.69, 9.17) is 0 Å². The summed E-state index contributed by atoms with van der Waals surface area (Å²) in [5.41, 5.74) is 1.17. The maximum absolute atomic E-state index is 11.4. The van der Waals surface area contributed by atoms with Crippen LogP contribution in [0.25, 0.3) is 5.65 Å². The molecule has 0 unspecified atom stereocenters. The Balaban J connectivity index is 2.73. The molecule has 0 aliphatic heterocycles. The van der Waals surface area contributed by atoms with Crippen molar-refractivity contribution in [3.63, 3.8) is 0 Å². The second-order valence-corrected chi connectivity index (χ2v) is 2.95. The number of pyridine rings is 1. The lowest BCUT2D eigenvalue weighted by Crippen LogP contribution is -2.05. The quantitative estimate of drug-likeness (QED) is 0.539. The molecule has 0 aliphatic carbocycles. The highest BCUT2D eigenvalue weighted by Crippen LogP contribution is 2.12.